The van der Waals surface area contributed by atoms with Gasteiger partial charge in [0.15, 0.2) is 11.2 Å². The van der Waals surface area contributed by atoms with Crippen LogP contribution < -0.4 is 10.7 Å². The first-order valence-corrected chi connectivity index (χ1v) is 8.89. The van der Waals surface area contributed by atoms with Crippen molar-refractivity contribution in [3.8, 4) is 0 Å². The monoisotopic (exact) mass is 418 g/mol. The van der Waals surface area contributed by atoms with Gasteiger partial charge >= 0.3 is 0 Å². The summed E-state index contributed by atoms with van der Waals surface area (Å²) in [6, 6.07) is 9.94. The molecule has 0 radical (unpaired) electrons. The van der Waals surface area contributed by atoms with Crippen LogP contribution in [0.15, 0.2) is 54.5 Å². The number of furan rings is 1. The van der Waals surface area contributed by atoms with Crippen molar-refractivity contribution in [2.24, 2.45) is 0 Å². The molecule has 3 aromatic rings. The predicted octanol–water partition coefficient (Wildman–Crippen LogP) is 3.49. The topological polar surface area (TPSA) is 75.7 Å². The summed E-state index contributed by atoms with van der Waals surface area (Å²) < 4.78 is 12.0. The Balaban J connectivity index is 1.80. The summed E-state index contributed by atoms with van der Waals surface area (Å²) in [4.78, 5) is 26.7. The van der Waals surface area contributed by atoms with E-state index in [9.17, 15) is 9.59 Å². The number of nitrogens with one attached hydrogen (secondary N) is 1. The lowest BCUT2D eigenvalue weighted by atomic mass is 10.2. The van der Waals surface area contributed by atoms with Crippen molar-refractivity contribution in [1.82, 2.24) is 10.2 Å². The van der Waals surface area contributed by atoms with Crippen molar-refractivity contribution in [2.45, 2.75) is 13.0 Å². The van der Waals surface area contributed by atoms with Crippen LogP contribution >= 0.6 is 15.9 Å². The minimum atomic E-state index is -0.443. The largest absolute Gasteiger partial charge is 0.465 e. The molecule has 0 bridgehead atoms. The highest BCUT2D eigenvalue weighted by atomic mass is 79.9. The van der Waals surface area contributed by atoms with Crippen molar-refractivity contribution in [2.75, 3.05) is 20.6 Å². The summed E-state index contributed by atoms with van der Waals surface area (Å²) in [6.45, 7) is 2.19. The molecule has 2 heterocycles. The lowest BCUT2D eigenvalue weighted by Gasteiger charge is -2.22. The van der Waals surface area contributed by atoms with Crippen LogP contribution in [0.25, 0.3) is 11.0 Å². The zero-order chi connectivity index (χ0) is 18.8. The number of aryl methyl sites for hydroxylation is 1. The average molecular weight is 419 g/mol. The number of nitrogens with zero attached hydrogens (tertiary/aromatic N) is 1. The summed E-state index contributed by atoms with van der Waals surface area (Å²) >= 11 is 3.32. The van der Waals surface area contributed by atoms with Crippen LogP contribution in [0.4, 0.5) is 0 Å². The highest BCUT2D eigenvalue weighted by Crippen LogP contribution is 2.21. The van der Waals surface area contributed by atoms with Crippen LogP contribution in [-0.2, 0) is 0 Å². The highest BCUT2D eigenvalue weighted by molar-refractivity contribution is 9.10. The second-order valence-electron chi connectivity index (χ2n) is 6.25. The van der Waals surface area contributed by atoms with Crippen LogP contribution in [0.3, 0.4) is 0 Å². The summed E-state index contributed by atoms with van der Waals surface area (Å²) in [5.41, 5.74) is 0.111. The van der Waals surface area contributed by atoms with Gasteiger partial charge in [0.25, 0.3) is 5.91 Å². The number of hydrogen-bond donors (Lipinski definition) is 1. The fraction of sp³-hybridized carbons (Fsp3) is 0.263. The molecule has 2 aromatic heterocycles. The first-order valence-electron chi connectivity index (χ1n) is 8.09. The molecule has 1 atom stereocenters. The van der Waals surface area contributed by atoms with E-state index in [2.05, 4.69) is 21.2 Å². The Bertz CT molecular complexity index is 1010. The molecule has 6 nitrogen and oxygen atoms in total. The third-order valence-corrected chi connectivity index (χ3v) is 4.58. The Morgan fingerprint density at radius 1 is 1.19 bits per heavy atom. The van der Waals surface area contributed by atoms with Gasteiger partial charge in [0, 0.05) is 17.1 Å². The Hall–Kier alpha value is -2.38. The predicted molar refractivity (Wildman–Crippen MR) is 102 cm³/mol. The molecule has 0 saturated carbocycles. The number of rotatable bonds is 5. The number of amides is 1. The summed E-state index contributed by atoms with van der Waals surface area (Å²) in [7, 11) is 3.81. The van der Waals surface area contributed by atoms with Gasteiger partial charge in [0.1, 0.15) is 17.1 Å². The molecule has 26 heavy (non-hydrogen) atoms. The van der Waals surface area contributed by atoms with Crippen molar-refractivity contribution < 1.29 is 13.6 Å². The Morgan fingerprint density at radius 2 is 1.96 bits per heavy atom. The zero-order valence-electron chi connectivity index (χ0n) is 14.7. The smallest absolute Gasteiger partial charge is 0.287 e. The van der Waals surface area contributed by atoms with Crippen molar-refractivity contribution in [1.29, 1.82) is 0 Å². The Morgan fingerprint density at radius 3 is 2.62 bits per heavy atom. The van der Waals surface area contributed by atoms with E-state index in [0.717, 1.165) is 16.0 Å². The van der Waals surface area contributed by atoms with Crippen LogP contribution in [0.5, 0.6) is 0 Å². The van der Waals surface area contributed by atoms with Crippen LogP contribution in [-0.4, -0.2) is 31.4 Å². The minimum absolute atomic E-state index is 0.0158. The van der Waals surface area contributed by atoms with E-state index in [0.29, 0.717) is 17.5 Å². The second kappa shape index (κ2) is 7.47. The third kappa shape index (κ3) is 3.89. The molecule has 0 aliphatic heterocycles. The number of halogens is 1. The first-order chi connectivity index (χ1) is 12.3. The van der Waals surface area contributed by atoms with E-state index in [1.54, 1.807) is 18.2 Å². The van der Waals surface area contributed by atoms with Gasteiger partial charge in [0.2, 0.25) is 0 Å². The molecule has 7 heteroatoms. The normalized spacial score (nSPS) is 12.5. The molecule has 1 N–H and O–H groups in total. The molecule has 0 spiro atoms. The quantitative estimate of drug-likeness (QED) is 0.686. The molecule has 1 unspecified atom stereocenters. The zero-order valence-corrected chi connectivity index (χ0v) is 16.3. The number of hydrogen-bond acceptors (Lipinski definition) is 5. The Labute approximate surface area is 158 Å². The molecule has 1 aromatic carbocycles. The van der Waals surface area contributed by atoms with E-state index in [1.165, 1.54) is 6.07 Å². The fourth-order valence-electron chi connectivity index (χ4n) is 2.69. The van der Waals surface area contributed by atoms with Gasteiger partial charge in [-0.25, -0.2) is 0 Å². The number of likely N-dealkylation sites (N-methyl/N-ethyl adjacent to an activating group) is 1. The lowest BCUT2D eigenvalue weighted by molar-refractivity contribution is 0.0911. The molecular weight excluding hydrogens is 400 g/mol. The van der Waals surface area contributed by atoms with Gasteiger partial charge in [-0.05, 0) is 51.4 Å². The van der Waals surface area contributed by atoms with Crippen LogP contribution in [0, 0.1) is 6.92 Å². The SMILES string of the molecule is Cc1ccc(C(CNC(=O)c2cc(=O)c3cc(Br)ccc3o2)N(C)C)o1. The molecule has 136 valence electrons. The molecule has 3 rings (SSSR count). The maximum absolute atomic E-state index is 12.5. The van der Waals surface area contributed by atoms with Gasteiger partial charge in [-0.2, -0.15) is 0 Å². The van der Waals surface area contributed by atoms with Crippen molar-refractivity contribution in [3.63, 3.8) is 0 Å². The van der Waals surface area contributed by atoms with Crippen molar-refractivity contribution in [3.05, 3.63) is 68.4 Å². The lowest BCUT2D eigenvalue weighted by Crippen LogP contribution is -2.34. The van der Waals surface area contributed by atoms with E-state index < -0.39 is 5.91 Å². The molecule has 0 saturated heterocycles. The van der Waals surface area contributed by atoms with Crippen molar-refractivity contribution >= 4 is 32.8 Å². The van der Waals surface area contributed by atoms with E-state index >= 15 is 0 Å². The minimum Gasteiger partial charge on any atom is -0.465 e. The van der Waals surface area contributed by atoms with Crippen LogP contribution in [0.1, 0.15) is 28.1 Å². The summed E-state index contributed by atoms with van der Waals surface area (Å²) in [5, 5.41) is 3.23. The summed E-state index contributed by atoms with van der Waals surface area (Å²) in [6.07, 6.45) is 0. The van der Waals surface area contributed by atoms with Crippen LogP contribution in [0.2, 0.25) is 0 Å². The second-order valence-corrected chi connectivity index (χ2v) is 7.17. The van der Waals surface area contributed by atoms with Gasteiger partial charge < -0.3 is 14.2 Å². The van der Waals surface area contributed by atoms with E-state index in [4.69, 9.17) is 8.83 Å². The van der Waals surface area contributed by atoms with Gasteiger partial charge in [-0.3, -0.25) is 14.5 Å². The number of benzene rings is 1. The molecule has 0 aliphatic rings. The van der Waals surface area contributed by atoms with Gasteiger partial charge in [-0.1, -0.05) is 15.9 Å². The highest BCUT2D eigenvalue weighted by Gasteiger charge is 2.20. The van der Waals surface area contributed by atoms with E-state index in [-0.39, 0.29) is 17.2 Å². The standard InChI is InChI=1S/C19H19BrN2O4/c1-11-4-6-17(25-11)14(22(2)3)10-21-19(24)18-9-15(23)13-8-12(20)5-7-16(13)26-18/h4-9,14H,10H2,1-3H3,(H,21,24). The maximum Gasteiger partial charge on any atom is 0.287 e. The van der Waals surface area contributed by atoms with E-state index in [1.807, 2.05) is 38.1 Å². The molecule has 1 amide bonds. The average Bonchev–Trinajstić information content (AvgIpc) is 3.01. The summed E-state index contributed by atoms with van der Waals surface area (Å²) in [5.74, 6) is 1.11. The Kier molecular flexibility index (Phi) is 5.29. The molecular formula is C19H19BrN2O4. The first kappa shape index (κ1) is 18.4. The molecule has 0 fully saturated rings. The van der Waals surface area contributed by atoms with Gasteiger partial charge in [-0.15, -0.1) is 0 Å². The van der Waals surface area contributed by atoms with Gasteiger partial charge in [0.05, 0.1) is 11.4 Å². The fourth-order valence-corrected chi connectivity index (χ4v) is 3.05. The maximum atomic E-state index is 12.5. The number of carbonyl (C=O) groups is 1. The number of carbonyl (C=O) groups excluding carboxylic acids is 1. The molecule has 0 aliphatic carbocycles. The number of fused-ring (bicyclic) bond motifs is 1. The third-order valence-electron chi connectivity index (χ3n) is 4.08.